The summed E-state index contributed by atoms with van der Waals surface area (Å²) in [6.07, 6.45) is -0.548. The zero-order valence-corrected chi connectivity index (χ0v) is 10.7. The number of carbonyl (C=O) groups excluding carboxylic acids is 1. The Kier molecular flexibility index (Phi) is 3.98. The molecular weight excluding hydrogens is 288 g/mol. The van der Waals surface area contributed by atoms with Crippen LogP contribution >= 0.6 is 15.9 Å². The first-order valence-corrected chi connectivity index (χ1v) is 6.01. The standard InChI is InChI=1S/C11H13BrN2O3/c12-8-5-7(13)1-2-9(8)14-11(15)10-6-16-3-4-17-10/h1-2,5,10H,3-4,6,13H2,(H,14,15). The molecule has 1 aromatic carbocycles. The summed E-state index contributed by atoms with van der Waals surface area (Å²) in [5, 5.41) is 2.76. The summed E-state index contributed by atoms with van der Waals surface area (Å²) in [7, 11) is 0. The number of nitrogen functional groups attached to an aromatic ring is 1. The zero-order valence-electron chi connectivity index (χ0n) is 9.11. The Morgan fingerprint density at radius 2 is 2.29 bits per heavy atom. The van der Waals surface area contributed by atoms with E-state index in [1.54, 1.807) is 18.2 Å². The number of hydrogen-bond donors (Lipinski definition) is 2. The molecule has 0 aliphatic carbocycles. The van der Waals surface area contributed by atoms with E-state index in [-0.39, 0.29) is 5.91 Å². The van der Waals surface area contributed by atoms with E-state index in [0.717, 1.165) is 4.47 Å². The summed E-state index contributed by atoms with van der Waals surface area (Å²) in [4.78, 5) is 11.8. The van der Waals surface area contributed by atoms with Gasteiger partial charge >= 0.3 is 0 Å². The normalized spacial score (nSPS) is 19.9. The largest absolute Gasteiger partial charge is 0.399 e. The molecule has 1 unspecified atom stereocenters. The molecule has 1 aliphatic rings. The number of anilines is 2. The van der Waals surface area contributed by atoms with E-state index in [0.29, 0.717) is 31.2 Å². The third kappa shape index (κ3) is 3.18. The van der Waals surface area contributed by atoms with Crippen molar-refractivity contribution < 1.29 is 14.3 Å². The van der Waals surface area contributed by atoms with E-state index in [4.69, 9.17) is 15.2 Å². The lowest BCUT2D eigenvalue weighted by Gasteiger charge is -2.22. The van der Waals surface area contributed by atoms with Crippen molar-refractivity contribution in [2.24, 2.45) is 0 Å². The van der Waals surface area contributed by atoms with Crippen LogP contribution in [0.2, 0.25) is 0 Å². The van der Waals surface area contributed by atoms with Gasteiger partial charge in [-0.15, -0.1) is 0 Å². The first kappa shape index (κ1) is 12.3. The average molecular weight is 301 g/mol. The Balaban J connectivity index is 2.02. The molecule has 0 radical (unpaired) electrons. The fourth-order valence-corrected chi connectivity index (χ4v) is 1.98. The minimum absolute atomic E-state index is 0.213. The molecule has 1 amide bonds. The van der Waals surface area contributed by atoms with Gasteiger partial charge in [-0.1, -0.05) is 0 Å². The predicted octanol–water partition coefficient (Wildman–Crippen LogP) is 1.39. The second-order valence-electron chi connectivity index (χ2n) is 3.66. The van der Waals surface area contributed by atoms with Gasteiger partial charge < -0.3 is 20.5 Å². The highest BCUT2D eigenvalue weighted by Gasteiger charge is 2.23. The van der Waals surface area contributed by atoms with Gasteiger partial charge in [0.1, 0.15) is 0 Å². The zero-order chi connectivity index (χ0) is 12.3. The molecule has 2 rings (SSSR count). The van der Waals surface area contributed by atoms with Gasteiger partial charge in [-0.05, 0) is 34.1 Å². The predicted molar refractivity (Wildman–Crippen MR) is 67.7 cm³/mol. The summed E-state index contributed by atoms with van der Waals surface area (Å²) in [5.41, 5.74) is 6.91. The molecule has 0 bridgehead atoms. The second kappa shape index (κ2) is 5.48. The SMILES string of the molecule is Nc1ccc(NC(=O)C2COCCO2)c(Br)c1. The molecule has 17 heavy (non-hydrogen) atoms. The van der Waals surface area contributed by atoms with Crippen LogP contribution < -0.4 is 11.1 Å². The van der Waals surface area contributed by atoms with Gasteiger partial charge in [0.25, 0.3) is 5.91 Å². The van der Waals surface area contributed by atoms with Gasteiger partial charge in [-0.2, -0.15) is 0 Å². The summed E-state index contributed by atoms with van der Waals surface area (Å²) in [6.45, 7) is 1.27. The number of carbonyl (C=O) groups is 1. The smallest absolute Gasteiger partial charge is 0.255 e. The Hall–Kier alpha value is -1.11. The molecule has 0 saturated carbocycles. The van der Waals surface area contributed by atoms with E-state index in [9.17, 15) is 4.79 Å². The summed E-state index contributed by atoms with van der Waals surface area (Å²) < 4.78 is 11.2. The van der Waals surface area contributed by atoms with Crippen LogP contribution in [-0.4, -0.2) is 31.8 Å². The van der Waals surface area contributed by atoms with Crippen LogP contribution in [0.25, 0.3) is 0 Å². The molecule has 3 N–H and O–H groups in total. The van der Waals surface area contributed by atoms with E-state index in [1.807, 2.05) is 0 Å². The first-order valence-electron chi connectivity index (χ1n) is 5.22. The van der Waals surface area contributed by atoms with Crippen molar-refractivity contribution in [1.29, 1.82) is 0 Å². The highest BCUT2D eigenvalue weighted by Crippen LogP contribution is 2.24. The first-order chi connectivity index (χ1) is 8.16. The van der Waals surface area contributed by atoms with Crippen LogP contribution in [-0.2, 0) is 14.3 Å². The fourth-order valence-electron chi connectivity index (χ4n) is 1.49. The maximum Gasteiger partial charge on any atom is 0.255 e. The lowest BCUT2D eigenvalue weighted by Crippen LogP contribution is -2.39. The Morgan fingerprint density at radius 3 is 2.94 bits per heavy atom. The molecule has 1 aromatic rings. The molecule has 1 fully saturated rings. The van der Waals surface area contributed by atoms with Crippen LogP contribution in [0.5, 0.6) is 0 Å². The number of benzene rings is 1. The second-order valence-corrected chi connectivity index (χ2v) is 4.52. The number of rotatable bonds is 2. The maximum absolute atomic E-state index is 11.8. The van der Waals surface area contributed by atoms with Gasteiger partial charge in [0, 0.05) is 10.2 Å². The fraction of sp³-hybridized carbons (Fsp3) is 0.364. The van der Waals surface area contributed by atoms with Gasteiger partial charge in [-0.25, -0.2) is 0 Å². The quantitative estimate of drug-likeness (QED) is 0.810. The van der Waals surface area contributed by atoms with Gasteiger partial charge in [0.05, 0.1) is 25.5 Å². The number of ether oxygens (including phenoxy) is 2. The molecular formula is C11H13BrN2O3. The monoisotopic (exact) mass is 300 g/mol. The van der Waals surface area contributed by atoms with Crippen molar-refractivity contribution in [3.63, 3.8) is 0 Å². The molecule has 0 aromatic heterocycles. The van der Waals surface area contributed by atoms with Crippen molar-refractivity contribution in [3.8, 4) is 0 Å². The number of nitrogens with one attached hydrogen (secondary N) is 1. The Bertz CT molecular complexity index is 419. The van der Waals surface area contributed by atoms with Crippen molar-refractivity contribution in [3.05, 3.63) is 22.7 Å². The van der Waals surface area contributed by atoms with Crippen molar-refractivity contribution in [1.82, 2.24) is 0 Å². The molecule has 1 aliphatic heterocycles. The van der Waals surface area contributed by atoms with Gasteiger partial charge in [-0.3, -0.25) is 4.79 Å². The number of nitrogens with two attached hydrogens (primary N) is 1. The summed E-state index contributed by atoms with van der Waals surface area (Å²) in [5.74, 6) is -0.213. The number of hydrogen-bond acceptors (Lipinski definition) is 4. The van der Waals surface area contributed by atoms with E-state index >= 15 is 0 Å². The van der Waals surface area contributed by atoms with E-state index < -0.39 is 6.10 Å². The van der Waals surface area contributed by atoms with Crippen LogP contribution in [0.3, 0.4) is 0 Å². The van der Waals surface area contributed by atoms with Gasteiger partial charge in [0.15, 0.2) is 6.10 Å². The minimum atomic E-state index is -0.548. The Morgan fingerprint density at radius 1 is 1.47 bits per heavy atom. The topological polar surface area (TPSA) is 73.6 Å². The third-order valence-corrected chi connectivity index (χ3v) is 3.02. The molecule has 0 spiro atoms. The Labute approximate surface area is 107 Å². The number of amides is 1. The molecule has 6 heteroatoms. The highest BCUT2D eigenvalue weighted by molar-refractivity contribution is 9.10. The minimum Gasteiger partial charge on any atom is -0.399 e. The maximum atomic E-state index is 11.8. The molecule has 1 saturated heterocycles. The molecule has 1 heterocycles. The van der Waals surface area contributed by atoms with Crippen LogP contribution in [0.4, 0.5) is 11.4 Å². The third-order valence-electron chi connectivity index (χ3n) is 2.36. The summed E-state index contributed by atoms with van der Waals surface area (Å²) >= 11 is 3.33. The van der Waals surface area contributed by atoms with Crippen LogP contribution in [0.15, 0.2) is 22.7 Å². The van der Waals surface area contributed by atoms with Crippen LogP contribution in [0.1, 0.15) is 0 Å². The van der Waals surface area contributed by atoms with Gasteiger partial charge in [0.2, 0.25) is 0 Å². The molecule has 5 nitrogen and oxygen atoms in total. The van der Waals surface area contributed by atoms with Crippen LogP contribution in [0, 0.1) is 0 Å². The van der Waals surface area contributed by atoms with Crippen molar-refractivity contribution in [2.75, 3.05) is 30.9 Å². The summed E-state index contributed by atoms with van der Waals surface area (Å²) in [6, 6.07) is 5.19. The molecule has 92 valence electrons. The highest BCUT2D eigenvalue weighted by atomic mass is 79.9. The lowest BCUT2D eigenvalue weighted by atomic mass is 10.2. The van der Waals surface area contributed by atoms with Crippen molar-refractivity contribution >= 4 is 33.2 Å². The van der Waals surface area contributed by atoms with E-state index in [2.05, 4.69) is 21.2 Å². The van der Waals surface area contributed by atoms with E-state index in [1.165, 1.54) is 0 Å². The van der Waals surface area contributed by atoms with Crippen molar-refractivity contribution in [2.45, 2.75) is 6.10 Å². The molecule has 1 atom stereocenters. The average Bonchev–Trinajstić information content (AvgIpc) is 2.34. The number of halogens is 1. The lowest BCUT2D eigenvalue weighted by molar-refractivity contribution is -0.142.